The largest absolute Gasteiger partial charge is 0.478 e. The van der Waals surface area contributed by atoms with Crippen LogP contribution in [-0.4, -0.2) is 35.5 Å². The van der Waals surface area contributed by atoms with E-state index < -0.39 is 5.97 Å². The third kappa shape index (κ3) is 6.49. The summed E-state index contributed by atoms with van der Waals surface area (Å²) in [6, 6.07) is 20.0. The van der Waals surface area contributed by atoms with E-state index in [2.05, 4.69) is 35.0 Å². The van der Waals surface area contributed by atoms with E-state index in [0.29, 0.717) is 31.7 Å². The van der Waals surface area contributed by atoms with Gasteiger partial charge >= 0.3 is 5.97 Å². The highest BCUT2D eigenvalue weighted by atomic mass is 16.7. The molecule has 0 spiro atoms. The van der Waals surface area contributed by atoms with E-state index >= 15 is 0 Å². The lowest BCUT2D eigenvalue weighted by atomic mass is 10.00. The summed E-state index contributed by atoms with van der Waals surface area (Å²) >= 11 is 0. The normalized spacial score (nSPS) is 14.0. The number of fused-ring (bicyclic) bond motifs is 1. The van der Waals surface area contributed by atoms with Gasteiger partial charge in [-0.05, 0) is 78.9 Å². The smallest absolute Gasteiger partial charge is 0.331 e. The molecule has 1 unspecified atom stereocenters. The van der Waals surface area contributed by atoms with Crippen molar-refractivity contribution in [2.75, 3.05) is 18.1 Å². The third-order valence-corrected chi connectivity index (χ3v) is 6.04. The van der Waals surface area contributed by atoms with Gasteiger partial charge in [-0.3, -0.25) is 4.98 Å². The van der Waals surface area contributed by atoms with Gasteiger partial charge in [0.25, 0.3) is 0 Å². The van der Waals surface area contributed by atoms with Crippen molar-refractivity contribution in [1.82, 2.24) is 4.98 Å². The number of ether oxygens (including phenoxy) is 2. The zero-order valence-electron chi connectivity index (χ0n) is 20.3. The Morgan fingerprint density at radius 1 is 1.11 bits per heavy atom. The monoisotopic (exact) mass is 472 g/mol. The first-order chi connectivity index (χ1) is 17.0. The van der Waals surface area contributed by atoms with Gasteiger partial charge in [0.05, 0.1) is 18.8 Å². The summed E-state index contributed by atoms with van der Waals surface area (Å²) in [6.07, 6.45) is 5.85. The maximum absolute atomic E-state index is 11.8. The molecule has 0 saturated heterocycles. The minimum atomic E-state index is -0.877. The molecule has 4 rings (SSSR count). The Morgan fingerprint density at radius 3 is 2.63 bits per heavy atom. The number of aliphatic carboxylic acids is 1. The summed E-state index contributed by atoms with van der Waals surface area (Å²) in [5, 5.41) is 9.70. The van der Waals surface area contributed by atoms with Gasteiger partial charge < -0.3 is 19.5 Å². The van der Waals surface area contributed by atoms with E-state index in [1.807, 2.05) is 49.4 Å². The highest BCUT2D eigenvalue weighted by Gasteiger charge is 2.20. The summed E-state index contributed by atoms with van der Waals surface area (Å²) in [4.78, 5) is 18.5. The lowest BCUT2D eigenvalue weighted by Crippen LogP contribution is -2.25. The first-order valence-corrected chi connectivity index (χ1v) is 12.1. The summed E-state index contributed by atoms with van der Waals surface area (Å²) in [6.45, 7) is 5.96. The Morgan fingerprint density at radius 2 is 1.91 bits per heavy atom. The van der Waals surface area contributed by atoms with Crippen LogP contribution in [-0.2, 0) is 16.1 Å². The zero-order chi connectivity index (χ0) is 24.6. The number of aromatic nitrogens is 1. The molecule has 1 aromatic heterocycles. The van der Waals surface area contributed by atoms with Crippen molar-refractivity contribution in [2.24, 2.45) is 0 Å². The second-order valence-electron chi connectivity index (χ2n) is 8.68. The number of pyridine rings is 1. The second kappa shape index (κ2) is 11.7. The Hall–Kier alpha value is -3.64. The average molecular weight is 473 g/mol. The Kier molecular flexibility index (Phi) is 8.16. The van der Waals surface area contributed by atoms with Gasteiger partial charge in [-0.1, -0.05) is 37.6 Å². The molecular weight excluding hydrogens is 440 g/mol. The number of unbranched alkanes of at least 4 members (excludes halogenated alkanes) is 1. The van der Waals surface area contributed by atoms with Crippen LogP contribution in [0.3, 0.4) is 0 Å². The fourth-order valence-electron chi connectivity index (χ4n) is 4.14. The summed E-state index contributed by atoms with van der Waals surface area (Å²) in [7, 11) is 0. The summed E-state index contributed by atoms with van der Waals surface area (Å²) in [5.74, 6) is -0.125. The van der Waals surface area contributed by atoms with Crippen molar-refractivity contribution in [1.29, 1.82) is 0 Å². The van der Waals surface area contributed by atoms with Crippen LogP contribution < -0.4 is 9.64 Å². The standard InChI is InChI=1S/C29H32N2O4/c1-3-4-17-34-21(2)35-27-11-8-22(9-12-27)23-10-13-28-25(18-23)19-24(29(32)33)14-16-31(28)20-26-7-5-6-15-30-26/h5-13,15,18-19,21H,3-4,14,16-17,20H2,1-2H3,(H,32,33). The molecule has 6 nitrogen and oxygen atoms in total. The number of benzene rings is 2. The molecule has 6 heteroatoms. The number of rotatable bonds is 10. The van der Waals surface area contributed by atoms with Gasteiger partial charge in [0.2, 0.25) is 0 Å². The van der Waals surface area contributed by atoms with Crippen molar-refractivity contribution in [3.05, 3.63) is 83.7 Å². The van der Waals surface area contributed by atoms with Gasteiger partial charge in [-0.25, -0.2) is 4.79 Å². The molecule has 0 radical (unpaired) electrons. The van der Waals surface area contributed by atoms with Crippen LogP contribution in [0.2, 0.25) is 0 Å². The van der Waals surface area contributed by atoms with Gasteiger partial charge in [-0.2, -0.15) is 0 Å². The number of hydrogen-bond acceptors (Lipinski definition) is 5. The van der Waals surface area contributed by atoms with Crippen molar-refractivity contribution >= 4 is 17.7 Å². The highest BCUT2D eigenvalue weighted by Crippen LogP contribution is 2.33. The van der Waals surface area contributed by atoms with Crippen LogP contribution in [0.15, 0.2) is 72.4 Å². The molecule has 0 amide bonds. The number of carboxylic acid groups (broad SMARTS) is 1. The molecule has 182 valence electrons. The Balaban J connectivity index is 1.56. The summed E-state index contributed by atoms with van der Waals surface area (Å²) in [5.41, 5.74) is 5.31. The fourth-order valence-corrected chi connectivity index (χ4v) is 4.14. The van der Waals surface area contributed by atoms with Crippen molar-refractivity contribution in [3.63, 3.8) is 0 Å². The van der Waals surface area contributed by atoms with Crippen LogP contribution in [0.1, 0.15) is 44.4 Å². The van der Waals surface area contributed by atoms with Crippen LogP contribution in [0.25, 0.3) is 17.2 Å². The first-order valence-electron chi connectivity index (χ1n) is 12.1. The summed E-state index contributed by atoms with van der Waals surface area (Å²) < 4.78 is 11.5. The minimum Gasteiger partial charge on any atom is -0.478 e. The molecule has 2 aromatic carbocycles. The molecule has 0 fully saturated rings. The molecule has 1 atom stereocenters. The van der Waals surface area contributed by atoms with Crippen LogP contribution >= 0.6 is 0 Å². The van der Waals surface area contributed by atoms with E-state index in [0.717, 1.165) is 46.7 Å². The van der Waals surface area contributed by atoms with Gasteiger partial charge in [0.1, 0.15) is 5.75 Å². The number of hydrogen-bond donors (Lipinski definition) is 1. The number of nitrogens with zero attached hydrogens (tertiary/aromatic N) is 2. The van der Waals surface area contributed by atoms with Gasteiger partial charge in [-0.15, -0.1) is 0 Å². The molecule has 3 aromatic rings. The minimum absolute atomic E-state index is 0.301. The van der Waals surface area contributed by atoms with Crippen molar-refractivity contribution in [2.45, 2.75) is 45.9 Å². The van der Waals surface area contributed by atoms with Crippen LogP contribution in [0, 0.1) is 0 Å². The zero-order valence-corrected chi connectivity index (χ0v) is 20.3. The predicted molar refractivity (Wildman–Crippen MR) is 138 cm³/mol. The van der Waals surface area contributed by atoms with Crippen molar-refractivity contribution < 1.29 is 19.4 Å². The van der Waals surface area contributed by atoms with Crippen LogP contribution in [0.4, 0.5) is 5.69 Å². The van der Waals surface area contributed by atoms with E-state index in [1.165, 1.54) is 0 Å². The molecule has 0 aliphatic carbocycles. The van der Waals surface area contributed by atoms with Gasteiger partial charge in [0, 0.05) is 24.0 Å². The lowest BCUT2D eigenvalue weighted by Gasteiger charge is -2.25. The highest BCUT2D eigenvalue weighted by molar-refractivity contribution is 5.94. The molecule has 35 heavy (non-hydrogen) atoms. The number of anilines is 1. The van der Waals surface area contributed by atoms with Crippen molar-refractivity contribution in [3.8, 4) is 16.9 Å². The maximum atomic E-state index is 11.8. The Labute approximate surface area is 206 Å². The predicted octanol–water partition coefficient (Wildman–Crippen LogP) is 6.17. The third-order valence-electron chi connectivity index (χ3n) is 6.04. The van der Waals surface area contributed by atoms with E-state index in [-0.39, 0.29) is 6.29 Å². The molecule has 2 heterocycles. The second-order valence-corrected chi connectivity index (χ2v) is 8.68. The maximum Gasteiger partial charge on any atom is 0.331 e. The lowest BCUT2D eigenvalue weighted by molar-refractivity contribution is -0.132. The average Bonchev–Trinajstić information content (AvgIpc) is 3.04. The Bertz CT molecular complexity index is 1160. The van der Waals surface area contributed by atoms with E-state index in [9.17, 15) is 9.90 Å². The quantitative estimate of drug-likeness (QED) is 0.281. The first kappa shape index (κ1) is 24.5. The molecule has 1 N–H and O–H groups in total. The fraction of sp³-hybridized carbons (Fsp3) is 0.310. The molecule has 0 saturated carbocycles. The molecular formula is C29H32N2O4. The topological polar surface area (TPSA) is 71.9 Å². The molecule has 1 aliphatic rings. The number of carbonyl (C=O) groups is 1. The number of carboxylic acids is 1. The molecule has 1 aliphatic heterocycles. The van der Waals surface area contributed by atoms with E-state index in [1.54, 1.807) is 12.3 Å². The van der Waals surface area contributed by atoms with Crippen LogP contribution in [0.5, 0.6) is 5.75 Å². The van der Waals surface area contributed by atoms with E-state index in [4.69, 9.17) is 9.47 Å². The SMILES string of the molecule is CCCCOC(C)Oc1ccc(-c2ccc3c(c2)C=C(C(=O)O)CCN3Cc2ccccn2)cc1. The molecule has 0 bridgehead atoms. The van der Waals surface area contributed by atoms with Gasteiger partial charge in [0.15, 0.2) is 6.29 Å².